The van der Waals surface area contributed by atoms with Gasteiger partial charge in [0.15, 0.2) is 0 Å². The SMILES string of the molecule is COc1ccc2nc(C(=O)Nc3cccc(C4SCCS4)c3)ccc2c1. The van der Waals surface area contributed by atoms with Gasteiger partial charge in [-0.25, -0.2) is 4.98 Å². The first-order valence-electron chi connectivity index (χ1n) is 8.32. The number of fused-ring (bicyclic) bond motifs is 1. The standard InChI is InChI=1S/C20H18N2O2S2/c1-24-16-6-8-17-13(12-16)5-7-18(22-17)19(23)21-15-4-2-3-14(11-15)20-25-9-10-26-20/h2-8,11-12,20H,9-10H2,1H3,(H,21,23). The fraction of sp³-hybridized carbons (Fsp3) is 0.200. The zero-order valence-corrected chi connectivity index (χ0v) is 15.9. The van der Waals surface area contributed by atoms with Crippen molar-refractivity contribution >= 4 is 46.0 Å². The first-order valence-corrected chi connectivity index (χ1v) is 10.4. The van der Waals surface area contributed by atoms with E-state index in [1.54, 1.807) is 13.2 Å². The van der Waals surface area contributed by atoms with Crippen molar-refractivity contribution in [2.45, 2.75) is 4.58 Å². The summed E-state index contributed by atoms with van der Waals surface area (Å²) in [6.07, 6.45) is 0. The molecular weight excluding hydrogens is 364 g/mol. The molecule has 0 unspecified atom stereocenters. The predicted octanol–water partition coefficient (Wildman–Crippen LogP) is 4.97. The summed E-state index contributed by atoms with van der Waals surface area (Å²) in [5.74, 6) is 2.93. The van der Waals surface area contributed by atoms with Crippen LogP contribution in [-0.4, -0.2) is 29.5 Å². The van der Waals surface area contributed by atoms with Crippen LogP contribution < -0.4 is 10.1 Å². The Bertz CT molecular complexity index is 955. The fourth-order valence-corrected chi connectivity index (χ4v) is 5.70. The largest absolute Gasteiger partial charge is 0.497 e. The summed E-state index contributed by atoms with van der Waals surface area (Å²) in [4.78, 5) is 17.1. The zero-order valence-electron chi connectivity index (χ0n) is 14.3. The van der Waals surface area contributed by atoms with Crippen LogP contribution in [-0.2, 0) is 0 Å². The lowest BCUT2D eigenvalue weighted by Gasteiger charge is -2.11. The number of aromatic nitrogens is 1. The molecular formula is C20H18N2O2S2. The number of amides is 1. The molecule has 1 saturated heterocycles. The number of carbonyl (C=O) groups is 1. The average molecular weight is 383 g/mol. The van der Waals surface area contributed by atoms with Crippen LogP contribution in [0.1, 0.15) is 20.6 Å². The van der Waals surface area contributed by atoms with Gasteiger partial charge in [-0.05, 0) is 42.0 Å². The van der Waals surface area contributed by atoms with Crippen molar-refractivity contribution in [3.63, 3.8) is 0 Å². The van der Waals surface area contributed by atoms with Gasteiger partial charge in [0, 0.05) is 22.6 Å². The van der Waals surface area contributed by atoms with Crippen LogP contribution in [0.2, 0.25) is 0 Å². The van der Waals surface area contributed by atoms with Gasteiger partial charge < -0.3 is 10.1 Å². The van der Waals surface area contributed by atoms with Crippen LogP contribution in [0.4, 0.5) is 5.69 Å². The third-order valence-corrected chi connectivity index (χ3v) is 7.27. The first-order chi connectivity index (χ1) is 12.7. The van der Waals surface area contributed by atoms with E-state index in [0.29, 0.717) is 10.3 Å². The van der Waals surface area contributed by atoms with Crippen molar-refractivity contribution in [3.05, 3.63) is 65.9 Å². The number of ether oxygens (including phenoxy) is 1. The summed E-state index contributed by atoms with van der Waals surface area (Å²) in [5.41, 5.74) is 3.22. The fourth-order valence-electron chi connectivity index (χ4n) is 2.87. The Hall–Kier alpha value is -2.18. The summed E-state index contributed by atoms with van der Waals surface area (Å²) in [6.45, 7) is 0. The molecule has 132 valence electrons. The Kier molecular flexibility index (Phi) is 5.04. The lowest BCUT2D eigenvalue weighted by molar-refractivity contribution is 0.102. The Morgan fingerprint density at radius 3 is 2.77 bits per heavy atom. The highest BCUT2D eigenvalue weighted by atomic mass is 32.2. The van der Waals surface area contributed by atoms with E-state index < -0.39 is 0 Å². The maximum absolute atomic E-state index is 12.6. The van der Waals surface area contributed by atoms with E-state index in [9.17, 15) is 4.79 Å². The highest BCUT2D eigenvalue weighted by Crippen LogP contribution is 2.45. The molecule has 1 aromatic heterocycles. The number of methoxy groups -OCH3 is 1. The number of carbonyl (C=O) groups excluding carboxylic acids is 1. The summed E-state index contributed by atoms with van der Waals surface area (Å²) in [6, 6.07) is 17.3. The van der Waals surface area contributed by atoms with E-state index in [4.69, 9.17) is 4.74 Å². The summed E-state index contributed by atoms with van der Waals surface area (Å²) >= 11 is 3.90. The first kappa shape index (κ1) is 17.2. The number of hydrogen-bond donors (Lipinski definition) is 1. The van der Waals surface area contributed by atoms with E-state index in [-0.39, 0.29) is 5.91 Å². The molecule has 1 amide bonds. The van der Waals surface area contributed by atoms with Crippen LogP contribution in [0, 0.1) is 0 Å². The third-order valence-electron chi connectivity index (χ3n) is 4.17. The number of rotatable bonds is 4. The highest BCUT2D eigenvalue weighted by molar-refractivity contribution is 8.19. The van der Waals surface area contributed by atoms with Crippen LogP contribution in [0.5, 0.6) is 5.75 Å². The second-order valence-corrected chi connectivity index (χ2v) is 8.63. The van der Waals surface area contributed by atoms with Crippen molar-refractivity contribution in [3.8, 4) is 5.75 Å². The van der Waals surface area contributed by atoms with Crippen molar-refractivity contribution in [2.24, 2.45) is 0 Å². The van der Waals surface area contributed by atoms with E-state index >= 15 is 0 Å². The van der Waals surface area contributed by atoms with Crippen molar-refractivity contribution in [1.82, 2.24) is 4.98 Å². The minimum absolute atomic E-state index is 0.202. The number of benzene rings is 2. The molecule has 26 heavy (non-hydrogen) atoms. The Balaban J connectivity index is 1.54. The molecule has 3 aromatic rings. The summed E-state index contributed by atoms with van der Waals surface area (Å²) in [5, 5.41) is 3.91. The molecule has 0 saturated carbocycles. The lowest BCUT2D eigenvalue weighted by Crippen LogP contribution is -2.13. The van der Waals surface area contributed by atoms with Crippen LogP contribution in [0.15, 0.2) is 54.6 Å². The number of thioether (sulfide) groups is 2. The number of anilines is 1. The number of hydrogen-bond acceptors (Lipinski definition) is 5. The van der Waals surface area contributed by atoms with Crippen LogP contribution in [0.25, 0.3) is 10.9 Å². The van der Waals surface area contributed by atoms with E-state index in [1.807, 2.05) is 59.9 Å². The molecule has 0 atom stereocenters. The molecule has 1 fully saturated rings. The monoisotopic (exact) mass is 382 g/mol. The molecule has 1 aliphatic heterocycles. The van der Waals surface area contributed by atoms with Crippen LogP contribution >= 0.6 is 23.5 Å². The smallest absolute Gasteiger partial charge is 0.274 e. The molecule has 2 heterocycles. The van der Waals surface area contributed by atoms with Crippen LogP contribution in [0.3, 0.4) is 0 Å². The average Bonchev–Trinajstić information content (AvgIpc) is 3.22. The molecule has 1 aliphatic rings. The third kappa shape index (κ3) is 3.66. The normalized spacial score (nSPS) is 14.5. The van der Waals surface area contributed by atoms with Crippen molar-refractivity contribution in [1.29, 1.82) is 0 Å². The van der Waals surface area contributed by atoms with Gasteiger partial charge >= 0.3 is 0 Å². The van der Waals surface area contributed by atoms with Crippen molar-refractivity contribution < 1.29 is 9.53 Å². The van der Waals surface area contributed by atoms with Gasteiger partial charge in [0.2, 0.25) is 0 Å². The van der Waals surface area contributed by atoms with E-state index in [0.717, 1.165) is 22.3 Å². The maximum Gasteiger partial charge on any atom is 0.274 e. The highest BCUT2D eigenvalue weighted by Gasteiger charge is 2.18. The molecule has 0 aliphatic carbocycles. The Morgan fingerprint density at radius 2 is 1.96 bits per heavy atom. The van der Waals surface area contributed by atoms with Gasteiger partial charge in [-0.2, -0.15) is 0 Å². The number of pyridine rings is 1. The molecule has 0 bridgehead atoms. The zero-order chi connectivity index (χ0) is 17.9. The molecule has 4 rings (SSSR count). The second kappa shape index (κ2) is 7.60. The molecule has 0 radical (unpaired) electrons. The quantitative estimate of drug-likeness (QED) is 0.690. The number of nitrogens with zero attached hydrogens (tertiary/aromatic N) is 1. The van der Waals surface area contributed by atoms with E-state index in [2.05, 4.69) is 22.4 Å². The molecule has 0 spiro atoms. The maximum atomic E-state index is 12.6. The van der Waals surface area contributed by atoms with Gasteiger partial charge in [0.25, 0.3) is 5.91 Å². The Labute approximate surface area is 160 Å². The Morgan fingerprint density at radius 1 is 1.12 bits per heavy atom. The topological polar surface area (TPSA) is 51.2 Å². The predicted molar refractivity (Wildman–Crippen MR) is 110 cm³/mol. The minimum atomic E-state index is -0.202. The molecule has 6 heteroatoms. The lowest BCUT2D eigenvalue weighted by atomic mass is 10.2. The van der Waals surface area contributed by atoms with Gasteiger partial charge in [-0.15, -0.1) is 23.5 Å². The molecule has 4 nitrogen and oxygen atoms in total. The minimum Gasteiger partial charge on any atom is -0.497 e. The molecule has 2 aromatic carbocycles. The molecule has 1 N–H and O–H groups in total. The van der Waals surface area contributed by atoms with Crippen molar-refractivity contribution in [2.75, 3.05) is 23.9 Å². The summed E-state index contributed by atoms with van der Waals surface area (Å²) in [7, 11) is 1.63. The van der Waals surface area contributed by atoms with Gasteiger partial charge in [-0.3, -0.25) is 4.79 Å². The van der Waals surface area contributed by atoms with Gasteiger partial charge in [0.05, 0.1) is 17.2 Å². The van der Waals surface area contributed by atoms with Gasteiger partial charge in [0.1, 0.15) is 11.4 Å². The number of nitrogens with one attached hydrogen (secondary N) is 1. The van der Waals surface area contributed by atoms with E-state index in [1.165, 1.54) is 17.1 Å². The summed E-state index contributed by atoms with van der Waals surface area (Å²) < 4.78 is 5.68. The van der Waals surface area contributed by atoms with Gasteiger partial charge in [-0.1, -0.05) is 18.2 Å². The second-order valence-electron chi connectivity index (χ2n) is 5.91.